The molecule has 0 aromatic rings. The quantitative estimate of drug-likeness (QED) is 0.307. The molecule has 0 aliphatic rings. The molecule has 0 aromatic heterocycles. The van der Waals surface area contributed by atoms with Crippen molar-refractivity contribution in [3.05, 3.63) is 0 Å². The molecular weight excluding hydrogens is 251 g/mol. The van der Waals surface area contributed by atoms with Crippen LogP contribution in [-0.2, 0) is 23.8 Å². The van der Waals surface area contributed by atoms with E-state index >= 15 is 0 Å². The molecule has 2 N–H and O–H groups in total. The molecule has 0 radical (unpaired) electrons. The number of carboxylic acid groups (broad SMARTS) is 1. The Morgan fingerprint density at radius 1 is 0.947 bits per heavy atom. The first-order chi connectivity index (χ1) is 8.08. The first-order valence-corrected chi connectivity index (χ1v) is 5.35. The van der Waals surface area contributed by atoms with E-state index in [0.717, 1.165) is 6.42 Å². The first kappa shape index (κ1) is 26.9. The van der Waals surface area contributed by atoms with Crippen LogP contribution in [0.3, 0.4) is 0 Å². The topological polar surface area (TPSA) is 112 Å². The van der Waals surface area contributed by atoms with E-state index in [-0.39, 0.29) is 36.7 Å². The molecule has 0 heterocycles. The van der Waals surface area contributed by atoms with Gasteiger partial charge in [0.05, 0.1) is 7.11 Å². The molecule has 7 nitrogen and oxygen atoms in total. The third kappa shape index (κ3) is 31.8. The Hall–Kier alpha value is -0.583. The zero-order chi connectivity index (χ0) is 13.5. The molecule has 8 heteroatoms. The molecule has 0 bridgehead atoms. The second kappa shape index (κ2) is 22.6. The van der Waals surface area contributed by atoms with Gasteiger partial charge in [0, 0.05) is 40.3 Å². The van der Waals surface area contributed by atoms with Crippen LogP contribution >= 0.6 is 0 Å². The molecule has 0 aromatic carbocycles. The fraction of sp³-hybridized carbons (Fsp3) is 0.818. The van der Waals surface area contributed by atoms with Crippen molar-refractivity contribution in [2.75, 3.05) is 34.5 Å². The fourth-order valence-electron chi connectivity index (χ4n) is 0.831. The summed E-state index contributed by atoms with van der Waals surface area (Å²) in [4.78, 5) is 20.2. The van der Waals surface area contributed by atoms with E-state index in [0.29, 0.717) is 26.1 Å². The average molecular weight is 274 g/mol. The normalized spacial score (nSPS) is 8.16. The van der Waals surface area contributed by atoms with Crippen molar-refractivity contribution < 1.29 is 53.2 Å². The van der Waals surface area contributed by atoms with Gasteiger partial charge in [-0.05, 0) is 12.8 Å². The van der Waals surface area contributed by atoms with Crippen LogP contribution < -0.4 is 18.9 Å². The van der Waals surface area contributed by atoms with Crippen molar-refractivity contribution in [3.63, 3.8) is 0 Å². The molecule has 0 aliphatic heterocycles. The van der Waals surface area contributed by atoms with Crippen molar-refractivity contribution in [2.24, 2.45) is 0 Å². The third-order valence-corrected chi connectivity index (χ3v) is 1.70. The minimum atomic E-state index is -0.762. The predicted octanol–water partition coefficient (Wildman–Crippen LogP) is -2.09. The Morgan fingerprint density at radius 3 is 1.68 bits per heavy atom. The maximum atomic E-state index is 10.4. The summed E-state index contributed by atoms with van der Waals surface area (Å²) in [6, 6.07) is 0. The van der Waals surface area contributed by atoms with E-state index in [1.54, 1.807) is 14.2 Å². The number of methoxy groups -OCH3 is 3. The molecule has 0 saturated carbocycles. The number of carbonyl (C=O) groups excluding carboxylic acids is 1. The van der Waals surface area contributed by atoms with Gasteiger partial charge in [-0.15, -0.1) is 0 Å². The zero-order valence-electron chi connectivity index (χ0n) is 12.2. The SMILES string of the molecule is COCCCC(=O)O.COCCCC(=O)OC.[Li+].[OH-]. The molecule has 110 valence electrons. The molecule has 0 fully saturated rings. The summed E-state index contributed by atoms with van der Waals surface area (Å²) in [7, 11) is 4.55. The summed E-state index contributed by atoms with van der Waals surface area (Å²) in [5, 5.41) is 8.08. The van der Waals surface area contributed by atoms with Gasteiger partial charge in [-0.25, -0.2) is 0 Å². The monoisotopic (exact) mass is 274 g/mol. The standard InChI is InChI=1S/C6H12O3.C5H10O3.Li.H2O/c1-8-5-3-4-6(7)9-2;1-8-4-2-3-5(6)7;;/h3-5H2,1-2H3;2-4H2,1H3,(H,6,7);;1H2/q;;+1;/p-1. The Kier molecular flexibility index (Phi) is 32.0. The summed E-state index contributed by atoms with van der Waals surface area (Å²) in [6.07, 6.45) is 1.99. The van der Waals surface area contributed by atoms with Crippen molar-refractivity contribution in [2.45, 2.75) is 25.7 Å². The van der Waals surface area contributed by atoms with Crippen molar-refractivity contribution >= 4 is 11.9 Å². The van der Waals surface area contributed by atoms with Crippen molar-refractivity contribution in [3.8, 4) is 0 Å². The summed E-state index contributed by atoms with van der Waals surface area (Å²) in [6.45, 7) is 1.15. The van der Waals surface area contributed by atoms with E-state index in [1.807, 2.05) is 0 Å². The van der Waals surface area contributed by atoms with Gasteiger partial charge in [-0.1, -0.05) is 0 Å². The van der Waals surface area contributed by atoms with Gasteiger partial charge < -0.3 is 24.8 Å². The molecule has 0 amide bonds. The number of carbonyl (C=O) groups is 2. The Labute approximate surface area is 126 Å². The minimum Gasteiger partial charge on any atom is -0.870 e. The Balaban J connectivity index is -0.000000108. The van der Waals surface area contributed by atoms with Crippen LogP contribution in [0.5, 0.6) is 0 Å². The number of carboxylic acids is 1. The van der Waals surface area contributed by atoms with Gasteiger partial charge in [-0.3, -0.25) is 9.59 Å². The number of hydrogen-bond acceptors (Lipinski definition) is 6. The van der Waals surface area contributed by atoms with Crippen LogP contribution in [-0.4, -0.2) is 57.1 Å². The predicted molar refractivity (Wildman–Crippen MR) is 63.8 cm³/mol. The molecule has 0 unspecified atom stereocenters. The molecule has 0 aliphatic carbocycles. The maximum Gasteiger partial charge on any atom is 1.00 e. The van der Waals surface area contributed by atoms with Gasteiger partial charge in [0.2, 0.25) is 0 Å². The third-order valence-electron chi connectivity index (χ3n) is 1.70. The molecule has 0 spiro atoms. The van der Waals surface area contributed by atoms with Crippen molar-refractivity contribution in [1.82, 2.24) is 0 Å². The van der Waals surface area contributed by atoms with Crippen LogP contribution in [0.4, 0.5) is 0 Å². The van der Waals surface area contributed by atoms with E-state index in [2.05, 4.69) is 9.47 Å². The molecule has 0 rings (SSSR count). The number of rotatable bonds is 8. The van der Waals surface area contributed by atoms with Gasteiger partial charge in [0.25, 0.3) is 0 Å². The number of hydrogen-bond donors (Lipinski definition) is 1. The van der Waals surface area contributed by atoms with E-state index in [4.69, 9.17) is 9.84 Å². The summed E-state index contributed by atoms with van der Waals surface area (Å²) < 4.78 is 13.8. The van der Waals surface area contributed by atoms with Gasteiger partial charge in [0.15, 0.2) is 0 Å². The van der Waals surface area contributed by atoms with Crippen LogP contribution in [0.1, 0.15) is 25.7 Å². The number of aliphatic carboxylic acids is 1. The first-order valence-electron chi connectivity index (χ1n) is 5.35. The van der Waals surface area contributed by atoms with E-state index < -0.39 is 5.97 Å². The smallest absolute Gasteiger partial charge is 0.870 e. The molecule has 0 saturated heterocycles. The number of esters is 1. The van der Waals surface area contributed by atoms with Crippen molar-refractivity contribution in [1.29, 1.82) is 0 Å². The summed E-state index contributed by atoms with van der Waals surface area (Å²) in [5.74, 6) is -0.936. The molecule has 19 heavy (non-hydrogen) atoms. The molecule has 0 atom stereocenters. The minimum absolute atomic E-state index is 0. The van der Waals surface area contributed by atoms with E-state index in [1.165, 1.54) is 7.11 Å². The number of ether oxygens (including phenoxy) is 3. The second-order valence-corrected chi connectivity index (χ2v) is 3.16. The average Bonchev–Trinajstić information content (AvgIpc) is 2.30. The second-order valence-electron chi connectivity index (χ2n) is 3.16. The van der Waals surface area contributed by atoms with Crippen LogP contribution in [0.15, 0.2) is 0 Å². The molecular formula is C11H23LiO7. The summed E-state index contributed by atoms with van der Waals surface area (Å²) in [5.41, 5.74) is 0. The maximum absolute atomic E-state index is 10.4. The van der Waals surface area contributed by atoms with Crippen LogP contribution in [0.25, 0.3) is 0 Å². The summed E-state index contributed by atoms with van der Waals surface area (Å²) >= 11 is 0. The Morgan fingerprint density at radius 2 is 1.37 bits per heavy atom. The van der Waals surface area contributed by atoms with Crippen LogP contribution in [0, 0.1) is 0 Å². The van der Waals surface area contributed by atoms with E-state index in [9.17, 15) is 9.59 Å². The largest absolute Gasteiger partial charge is 1.00 e. The van der Waals surface area contributed by atoms with Crippen LogP contribution in [0.2, 0.25) is 0 Å². The van der Waals surface area contributed by atoms with Gasteiger partial charge in [0.1, 0.15) is 0 Å². The van der Waals surface area contributed by atoms with Gasteiger partial charge in [-0.2, -0.15) is 0 Å². The fourth-order valence-corrected chi connectivity index (χ4v) is 0.831. The Bertz CT molecular complexity index is 199. The van der Waals surface area contributed by atoms with Gasteiger partial charge >= 0.3 is 30.8 Å². The zero-order valence-corrected chi connectivity index (χ0v) is 12.2.